The van der Waals surface area contributed by atoms with Crippen LogP contribution in [-0.4, -0.2) is 47.8 Å². The summed E-state index contributed by atoms with van der Waals surface area (Å²) < 4.78 is 0. The monoisotopic (exact) mass is 468 g/mol. The van der Waals surface area contributed by atoms with Crippen molar-refractivity contribution in [2.45, 2.75) is 55.4 Å². The van der Waals surface area contributed by atoms with Crippen LogP contribution in [0.3, 0.4) is 0 Å². The molecule has 8 nitrogen and oxygen atoms in total. The molecule has 0 aliphatic carbocycles. The summed E-state index contributed by atoms with van der Waals surface area (Å²) in [4.78, 5) is 38.4. The Balaban J connectivity index is -0.0000000702. The van der Waals surface area contributed by atoms with E-state index in [4.69, 9.17) is 0 Å². The Kier molecular flexibility index (Phi) is 28.9. The van der Waals surface area contributed by atoms with Gasteiger partial charge < -0.3 is 39.6 Å². The fourth-order valence-electron chi connectivity index (χ4n) is 0. The zero-order valence-corrected chi connectivity index (χ0v) is 18.9. The predicted octanol–water partition coefficient (Wildman–Crippen LogP) is -2.81. The van der Waals surface area contributed by atoms with Crippen LogP contribution in [0.4, 0.5) is 0 Å². The van der Waals surface area contributed by atoms with E-state index in [1.54, 1.807) is 55.4 Å². The Labute approximate surface area is 166 Å². The second-order valence-corrected chi connectivity index (χ2v) is 5.89. The molecule has 0 heterocycles. The van der Waals surface area contributed by atoms with Gasteiger partial charge in [0.05, 0.1) is 0 Å². The minimum Gasteiger partial charge on any atom is -0.550 e. The summed E-state index contributed by atoms with van der Waals surface area (Å²) in [6.07, 6.45) is 0. The summed E-state index contributed by atoms with van der Waals surface area (Å²) in [5.41, 5.74) is 0. The van der Waals surface area contributed by atoms with Crippen LogP contribution in [0.25, 0.3) is 0 Å². The van der Waals surface area contributed by atoms with Crippen LogP contribution in [0.15, 0.2) is 0 Å². The van der Waals surface area contributed by atoms with Gasteiger partial charge in [0, 0.05) is 23.9 Å². The molecular weight excluding hydrogens is 439 g/mol. The molecule has 0 spiro atoms. The van der Waals surface area contributed by atoms with Crippen LogP contribution in [0.2, 0.25) is 0 Å². The molecule has 0 rings (SSSR count). The standard InChI is InChI=1S/4C4H8O2.Sn/c4*1-3(2)4(5)6;/h4*3H,1-2H3,(H,5,6);/q;;;;+4/p-4. The molecule has 0 unspecified atom stereocenters. The van der Waals surface area contributed by atoms with E-state index in [2.05, 4.69) is 0 Å². The molecule has 0 bridgehead atoms. The Bertz CT molecular complexity index is 304. The Hall–Kier alpha value is -1.32. The summed E-state index contributed by atoms with van der Waals surface area (Å²) in [6.45, 7) is 12.6. The van der Waals surface area contributed by atoms with E-state index in [1.807, 2.05) is 0 Å². The van der Waals surface area contributed by atoms with Crippen LogP contribution < -0.4 is 20.4 Å². The minimum absolute atomic E-state index is 0. The first-order valence-electron chi connectivity index (χ1n) is 7.41. The van der Waals surface area contributed by atoms with Gasteiger partial charge in [-0.1, -0.05) is 55.4 Å². The average molecular weight is 467 g/mol. The summed E-state index contributed by atoms with van der Waals surface area (Å²) in [6, 6.07) is 0. The minimum atomic E-state index is -0.991. The molecule has 0 aliphatic rings. The zero-order chi connectivity index (χ0) is 20.6. The maximum atomic E-state index is 9.59. The van der Waals surface area contributed by atoms with Crippen molar-refractivity contribution in [2.24, 2.45) is 23.7 Å². The van der Waals surface area contributed by atoms with Crippen molar-refractivity contribution in [1.29, 1.82) is 0 Å². The molecule has 0 saturated heterocycles. The molecule has 0 N–H and O–H groups in total. The van der Waals surface area contributed by atoms with E-state index in [0.717, 1.165) is 0 Å². The van der Waals surface area contributed by atoms with Crippen molar-refractivity contribution in [3.05, 3.63) is 0 Å². The fourth-order valence-corrected chi connectivity index (χ4v) is 0. The largest absolute Gasteiger partial charge is 4.00 e. The fraction of sp³-hybridized carbons (Fsp3) is 0.750. The van der Waals surface area contributed by atoms with Gasteiger partial charge >= 0.3 is 23.9 Å². The zero-order valence-electron chi connectivity index (χ0n) is 16.1. The molecule has 0 aromatic rings. The number of aliphatic carboxylic acids is 4. The number of carbonyl (C=O) groups is 4. The third-order valence-corrected chi connectivity index (χ3v) is 1.89. The SMILES string of the molecule is CC(C)C(=O)[O-].CC(C)C(=O)[O-].CC(C)C(=O)[O-].CC(C)C(=O)[O-].[Sn+4]. The van der Waals surface area contributed by atoms with Gasteiger partial charge in [0.2, 0.25) is 0 Å². The second kappa shape index (κ2) is 20.7. The van der Waals surface area contributed by atoms with Crippen molar-refractivity contribution in [1.82, 2.24) is 0 Å². The molecule has 0 aromatic carbocycles. The second-order valence-electron chi connectivity index (χ2n) is 5.89. The molecule has 0 amide bonds. The molecule has 144 valence electrons. The third-order valence-electron chi connectivity index (χ3n) is 1.89. The van der Waals surface area contributed by atoms with E-state index < -0.39 is 23.9 Å². The van der Waals surface area contributed by atoms with Gasteiger partial charge in [-0.15, -0.1) is 0 Å². The van der Waals surface area contributed by atoms with Crippen LogP contribution in [-0.2, 0) is 19.2 Å². The molecule has 0 saturated carbocycles. The molecule has 0 fully saturated rings. The van der Waals surface area contributed by atoms with Gasteiger partial charge in [0.25, 0.3) is 0 Å². The summed E-state index contributed by atoms with van der Waals surface area (Å²) in [5.74, 6) is -5.33. The maximum absolute atomic E-state index is 9.59. The van der Waals surface area contributed by atoms with Gasteiger partial charge in [-0.05, 0) is 23.7 Å². The molecule has 0 radical (unpaired) electrons. The number of carboxylic acid groups (broad SMARTS) is 4. The van der Waals surface area contributed by atoms with Crippen molar-refractivity contribution in [3.8, 4) is 0 Å². The smallest absolute Gasteiger partial charge is 0.550 e. The summed E-state index contributed by atoms with van der Waals surface area (Å²) >= 11 is 0. The Morgan fingerprint density at radius 3 is 0.480 bits per heavy atom. The van der Waals surface area contributed by atoms with Crippen LogP contribution >= 0.6 is 0 Å². The number of hydrogen-bond donors (Lipinski definition) is 0. The van der Waals surface area contributed by atoms with Gasteiger partial charge in [-0.3, -0.25) is 0 Å². The number of rotatable bonds is 4. The van der Waals surface area contributed by atoms with E-state index in [-0.39, 0.29) is 47.6 Å². The molecular formula is C16H28O8Sn. The molecule has 25 heavy (non-hydrogen) atoms. The van der Waals surface area contributed by atoms with Crippen LogP contribution in [0.1, 0.15) is 55.4 Å². The molecule has 0 aliphatic heterocycles. The number of carbonyl (C=O) groups excluding carboxylic acids is 4. The van der Waals surface area contributed by atoms with E-state index >= 15 is 0 Å². The van der Waals surface area contributed by atoms with Crippen molar-refractivity contribution >= 4 is 47.8 Å². The summed E-state index contributed by atoms with van der Waals surface area (Å²) in [5, 5.41) is 38.4. The van der Waals surface area contributed by atoms with Crippen molar-refractivity contribution in [2.75, 3.05) is 0 Å². The van der Waals surface area contributed by atoms with E-state index in [0.29, 0.717) is 0 Å². The molecule has 0 aromatic heterocycles. The Morgan fingerprint density at radius 2 is 0.480 bits per heavy atom. The average Bonchev–Trinajstić information content (AvgIpc) is 2.40. The predicted molar refractivity (Wildman–Crippen MR) is 85.1 cm³/mol. The number of hydrogen-bond acceptors (Lipinski definition) is 8. The van der Waals surface area contributed by atoms with E-state index in [1.165, 1.54) is 0 Å². The van der Waals surface area contributed by atoms with E-state index in [9.17, 15) is 39.6 Å². The first kappa shape index (κ1) is 34.9. The van der Waals surface area contributed by atoms with Crippen molar-refractivity contribution < 1.29 is 39.6 Å². The maximum Gasteiger partial charge on any atom is 4.00 e. The van der Waals surface area contributed by atoms with Crippen LogP contribution in [0.5, 0.6) is 0 Å². The third kappa shape index (κ3) is 45.0. The number of carboxylic acids is 4. The topological polar surface area (TPSA) is 161 Å². The normalized spacial score (nSPS) is 8.80. The molecule has 9 heteroatoms. The van der Waals surface area contributed by atoms with Crippen molar-refractivity contribution in [3.63, 3.8) is 0 Å². The Morgan fingerprint density at radius 1 is 0.440 bits per heavy atom. The van der Waals surface area contributed by atoms with Gasteiger partial charge in [-0.2, -0.15) is 0 Å². The quantitative estimate of drug-likeness (QED) is 0.401. The van der Waals surface area contributed by atoms with Gasteiger partial charge in [-0.25, -0.2) is 0 Å². The molecule has 0 atom stereocenters. The van der Waals surface area contributed by atoms with Crippen LogP contribution in [0, 0.1) is 23.7 Å². The van der Waals surface area contributed by atoms with Gasteiger partial charge in [0.1, 0.15) is 0 Å². The summed E-state index contributed by atoms with van der Waals surface area (Å²) in [7, 11) is 0. The first-order valence-corrected chi connectivity index (χ1v) is 7.41. The first-order chi connectivity index (χ1) is 10.6. The van der Waals surface area contributed by atoms with Gasteiger partial charge in [0.15, 0.2) is 0 Å².